The SMILES string of the molecule is CCCCCCCCCCCCCC[C@@H](O)[C@@H](O)[C@@H](CO[C@H]1O[C@H](CO)[C@H](O)[C@H](O)[C@H]1O)NC(=O)CCCCCCCc1ccccc1. The Morgan fingerprint density at radius 2 is 1.33 bits per heavy atom. The predicted molar refractivity (Wildman–Crippen MR) is 187 cm³/mol. The Balaban J connectivity index is 1.77. The second-order valence-electron chi connectivity index (χ2n) is 13.7. The minimum atomic E-state index is -1.61. The highest BCUT2D eigenvalue weighted by Crippen LogP contribution is 2.23. The number of hydrogen-bond acceptors (Lipinski definition) is 9. The molecule has 7 N–H and O–H groups in total. The molecule has 1 fully saturated rings. The van der Waals surface area contributed by atoms with Crippen LogP contribution < -0.4 is 5.32 Å². The molecule has 1 aliphatic heterocycles. The number of carbonyl (C=O) groups excluding carboxylic acids is 1. The number of carbonyl (C=O) groups is 1. The van der Waals surface area contributed by atoms with Gasteiger partial charge in [0.2, 0.25) is 5.91 Å². The molecule has 0 aromatic heterocycles. The van der Waals surface area contributed by atoms with E-state index in [0.29, 0.717) is 12.8 Å². The van der Waals surface area contributed by atoms with Crippen molar-refractivity contribution < 1.29 is 44.9 Å². The van der Waals surface area contributed by atoms with E-state index in [9.17, 15) is 35.4 Å². The van der Waals surface area contributed by atoms with Crippen molar-refractivity contribution in [3.63, 3.8) is 0 Å². The van der Waals surface area contributed by atoms with Crippen molar-refractivity contribution >= 4 is 5.91 Å². The van der Waals surface area contributed by atoms with E-state index in [1.165, 1.54) is 56.9 Å². The van der Waals surface area contributed by atoms with E-state index in [2.05, 4.69) is 24.4 Å². The van der Waals surface area contributed by atoms with Gasteiger partial charge in [0, 0.05) is 6.42 Å². The average molecular weight is 682 g/mol. The Kier molecular flexibility index (Phi) is 23.2. The van der Waals surface area contributed by atoms with E-state index < -0.39 is 55.6 Å². The summed E-state index contributed by atoms with van der Waals surface area (Å²) in [5.41, 5.74) is 1.33. The number of amides is 1. The van der Waals surface area contributed by atoms with Gasteiger partial charge in [-0.25, -0.2) is 0 Å². The number of unbranched alkanes of at least 4 members (excludes halogenated alkanes) is 15. The van der Waals surface area contributed by atoms with Gasteiger partial charge in [-0.05, 0) is 31.2 Å². The molecule has 1 heterocycles. The zero-order valence-electron chi connectivity index (χ0n) is 29.5. The smallest absolute Gasteiger partial charge is 0.220 e. The topological polar surface area (TPSA) is 169 Å². The molecule has 10 heteroatoms. The van der Waals surface area contributed by atoms with Crippen molar-refractivity contribution in [1.82, 2.24) is 5.32 Å². The highest BCUT2D eigenvalue weighted by atomic mass is 16.7. The molecule has 1 aromatic rings. The van der Waals surface area contributed by atoms with Gasteiger partial charge in [-0.3, -0.25) is 4.79 Å². The first-order chi connectivity index (χ1) is 23.3. The monoisotopic (exact) mass is 681 g/mol. The quantitative estimate of drug-likeness (QED) is 0.0621. The van der Waals surface area contributed by atoms with Gasteiger partial charge < -0.3 is 45.4 Å². The summed E-state index contributed by atoms with van der Waals surface area (Å²) in [7, 11) is 0. The van der Waals surface area contributed by atoms with Gasteiger partial charge in [-0.15, -0.1) is 0 Å². The van der Waals surface area contributed by atoms with E-state index >= 15 is 0 Å². The molecule has 0 radical (unpaired) electrons. The lowest BCUT2D eigenvalue weighted by molar-refractivity contribution is -0.303. The largest absolute Gasteiger partial charge is 0.394 e. The predicted octanol–water partition coefficient (Wildman–Crippen LogP) is 4.68. The summed E-state index contributed by atoms with van der Waals surface area (Å²) < 4.78 is 11.1. The number of aliphatic hydroxyl groups excluding tert-OH is 6. The van der Waals surface area contributed by atoms with Crippen LogP contribution in [0.15, 0.2) is 30.3 Å². The lowest BCUT2D eigenvalue weighted by Crippen LogP contribution is -2.60. The zero-order valence-corrected chi connectivity index (χ0v) is 29.5. The van der Waals surface area contributed by atoms with Gasteiger partial charge in [0.1, 0.15) is 30.5 Å². The number of hydrogen-bond donors (Lipinski definition) is 7. The summed E-state index contributed by atoms with van der Waals surface area (Å²) in [6.45, 7) is 1.32. The van der Waals surface area contributed by atoms with Crippen molar-refractivity contribution in [3.05, 3.63) is 35.9 Å². The average Bonchev–Trinajstić information content (AvgIpc) is 3.09. The maximum absolute atomic E-state index is 12.9. The molecule has 0 aliphatic carbocycles. The summed E-state index contributed by atoms with van der Waals surface area (Å²) >= 11 is 0. The maximum atomic E-state index is 12.9. The third-order valence-corrected chi connectivity index (χ3v) is 9.51. The second-order valence-corrected chi connectivity index (χ2v) is 13.7. The summed E-state index contributed by atoms with van der Waals surface area (Å²) in [5.74, 6) is -0.279. The minimum Gasteiger partial charge on any atom is -0.394 e. The molecule has 1 aliphatic rings. The third-order valence-electron chi connectivity index (χ3n) is 9.51. The molecular formula is C38H67NO9. The van der Waals surface area contributed by atoms with E-state index in [4.69, 9.17) is 9.47 Å². The molecule has 10 nitrogen and oxygen atoms in total. The first-order valence-electron chi connectivity index (χ1n) is 18.9. The normalized spacial score (nSPS) is 23.1. The van der Waals surface area contributed by atoms with Crippen molar-refractivity contribution in [2.24, 2.45) is 0 Å². The Labute approximate surface area is 289 Å². The number of ether oxygens (including phenoxy) is 2. The van der Waals surface area contributed by atoms with Gasteiger partial charge in [-0.2, -0.15) is 0 Å². The van der Waals surface area contributed by atoms with Gasteiger partial charge in [-0.1, -0.05) is 134 Å². The molecule has 1 saturated heterocycles. The van der Waals surface area contributed by atoms with Gasteiger partial charge in [0.15, 0.2) is 6.29 Å². The van der Waals surface area contributed by atoms with Crippen LogP contribution in [-0.2, 0) is 20.7 Å². The van der Waals surface area contributed by atoms with Crippen LogP contribution in [0.1, 0.15) is 134 Å². The molecular weight excluding hydrogens is 614 g/mol. The summed E-state index contributed by atoms with van der Waals surface area (Å²) in [6.07, 6.45) is 11.0. The van der Waals surface area contributed by atoms with Crippen LogP contribution in [-0.4, -0.2) is 98.7 Å². The summed E-state index contributed by atoms with van der Waals surface area (Å²) in [4.78, 5) is 12.9. The molecule has 1 aromatic carbocycles. The fourth-order valence-corrected chi connectivity index (χ4v) is 6.33. The van der Waals surface area contributed by atoms with Crippen LogP contribution in [0.5, 0.6) is 0 Å². The van der Waals surface area contributed by atoms with E-state index in [1.54, 1.807) is 0 Å². The number of aliphatic hydroxyl groups is 6. The lowest BCUT2D eigenvalue weighted by Gasteiger charge is -2.40. The fraction of sp³-hybridized carbons (Fsp3) is 0.816. The standard InChI is InChI=1S/C38H67NO9/c1-2-3-4-5-6-7-8-9-10-11-14-20-25-31(41)34(43)30(28-47-38-37(46)36(45)35(44)32(27-40)48-38)39-33(42)26-21-15-12-13-17-22-29-23-18-16-19-24-29/h16,18-19,23-24,30-32,34-38,40-41,43-46H,2-15,17,20-22,25-28H2,1H3,(H,39,42)/t30-,31-,32-,34+,35+,36+,37-,38+/m1/s1. The summed E-state index contributed by atoms with van der Waals surface area (Å²) in [5, 5.41) is 64.8. The lowest BCUT2D eigenvalue weighted by atomic mass is 9.98. The van der Waals surface area contributed by atoms with Gasteiger partial charge in [0.05, 0.1) is 25.4 Å². The molecule has 278 valence electrons. The molecule has 8 atom stereocenters. The Morgan fingerprint density at radius 1 is 0.771 bits per heavy atom. The zero-order chi connectivity index (χ0) is 35.0. The summed E-state index contributed by atoms with van der Waals surface area (Å²) in [6, 6.07) is 9.37. The molecule has 0 saturated carbocycles. The van der Waals surface area contributed by atoms with Crippen LogP contribution in [0, 0.1) is 0 Å². The molecule has 1 amide bonds. The third kappa shape index (κ3) is 17.3. The molecule has 0 unspecified atom stereocenters. The van der Waals surface area contributed by atoms with Gasteiger partial charge in [0.25, 0.3) is 0 Å². The minimum absolute atomic E-state index is 0.261. The number of benzene rings is 1. The van der Waals surface area contributed by atoms with E-state index in [0.717, 1.165) is 57.8 Å². The Bertz CT molecular complexity index is 921. The first-order valence-corrected chi connectivity index (χ1v) is 18.9. The van der Waals surface area contributed by atoms with Crippen molar-refractivity contribution in [2.75, 3.05) is 13.2 Å². The van der Waals surface area contributed by atoms with Crippen LogP contribution in [0.25, 0.3) is 0 Å². The molecule has 48 heavy (non-hydrogen) atoms. The highest BCUT2D eigenvalue weighted by molar-refractivity contribution is 5.76. The maximum Gasteiger partial charge on any atom is 0.220 e. The van der Waals surface area contributed by atoms with Gasteiger partial charge >= 0.3 is 0 Å². The molecule has 0 spiro atoms. The molecule has 0 bridgehead atoms. The number of rotatable bonds is 28. The van der Waals surface area contributed by atoms with Crippen molar-refractivity contribution in [2.45, 2.75) is 184 Å². The van der Waals surface area contributed by atoms with Crippen LogP contribution in [0.3, 0.4) is 0 Å². The molecule has 2 rings (SSSR count). The number of aryl methyl sites for hydroxylation is 1. The van der Waals surface area contributed by atoms with Crippen LogP contribution >= 0.6 is 0 Å². The highest BCUT2D eigenvalue weighted by Gasteiger charge is 2.44. The van der Waals surface area contributed by atoms with E-state index in [1.807, 2.05) is 18.2 Å². The fourth-order valence-electron chi connectivity index (χ4n) is 6.33. The van der Waals surface area contributed by atoms with Crippen LogP contribution in [0.4, 0.5) is 0 Å². The first kappa shape index (κ1) is 42.5. The van der Waals surface area contributed by atoms with Crippen LogP contribution in [0.2, 0.25) is 0 Å². The van der Waals surface area contributed by atoms with Crippen molar-refractivity contribution in [3.8, 4) is 0 Å². The second kappa shape index (κ2) is 26.2. The van der Waals surface area contributed by atoms with Crippen molar-refractivity contribution in [1.29, 1.82) is 0 Å². The Morgan fingerprint density at radius 3 is 1.94 bits per heavy atom. The Hall–Kier alpha value is -1.63. The van der Waals surface area contributed by atoms with E-state index in [-0.39, 0.29) is 18.9 Å². The number of nitrogens with one attached hydrogen (secondary N) is 1.